The fourth-order valence-electron chi connectivity index (χ4n) is 3.12. The summed E-state index contributed by atoms with van der Waals surface area (Å²) in [5, 5.41) is 0.759. The van der Waals surface area contributed by atoms with Crippen LogP contribution in [0, 0.1) is 0 Å². The van der Waals surface area contributed by atoms with Crippen molar-refractivity contribution in [2.75, 3.05) is 5.73 Å². The molecular weight excluding hydrogens is 313 g/mol. The van der Waals surface area contributed by atoms with Gasteiger partial charge >= 0.3 is 147 Å². The molecule has 0 spiro atoms. The maximum atomic E-state index is 6.45. The zero-order valence-corrected chi connectivity index (χ0v) is 13.8. The monoisotopic (exact) mass is 327 g/mol. The van der Waals surface area contributed by atoms with Crippen molar-refractivity contribution < 1.29 is 0 Å². The van der Waals surface area contributed by atoms with Crippen LogP contribution in [0.15, 0.2) is 66.7 Å². The number of nitrogens with two attached hydrogens (primary N) is 1. The van der Waals surface area contributed by atoms with Crippen molar-refractivity contribution in [1.29, 1.82) is 0 Å². The summed E-state index contributed by atoms with van der Waals surface area (Å²) in [4.78, 5) is 0. The van der Waals surface area contributed by atoms with Gasteiger partial charge in [-0.05, 0) is 0 Å². The van der Waals surface area contributed by atoms with Gasteiger partial charge in [0.25, 0.3) is 0 Å². The van der Waals surface area contributed by atoms with E-state index in [1.54, 1.807) is 0 Å². The van der Waals surface area contributed by atoms with Crippen LogP contribution in [-0.4, -0.2) is 12.4 Å². The molecule has 0 fully saturated rings. The van der Waals surface area contributed by atoms with Crippen molar-refractivity contribution in [2.24, 2.45) is 0 Å². The first kappa shape index (κ1) is 15.0. The molecule has 0 saturated carbocycles. The van der Waals surface area contributed by atoms with Gasteiger partial charge in [-0.1, -0.05) is 0 Å². The van der Waals surface area contributed by atoms with Crippen LogP contribution in [0.1, 0.15) is 22.3 Å². The summed E-state index contributed by atoms with van der Waals surface area (Å²) in [6, 6.07) is 22.4. The van der Waals surface area contributed by atoms with Crippen LogP contribution in [0.4, 0.5) is 5.69 Å². The van der Waals surface area contributed by atoms with E-state index in [0.717, 1.165) is 32.8 Å². The standard InChI is InChI=1S/C21H15BClN/c23-20-10-4-9-19-18(20)12-11-14-5-1-2-8-17(14)21(19)22-15-6-3-7-16(24)13-15/h1-13H,24H2. The van der Waals surface area contributed by atoms with Crippen LogP contribution < -0.4 is 11.2 Å². The summed E-state index contributed by atoms with van der Waals surface area (Å²) in [7, 11) is 0. The minimum absolute atomic E-state index is 0.759. The molecule has 0 unspecified atom stereocenters. The van der Waals surface area contributed by atoms with Crippen LogP contribution in [0.2, 0.25) is 5.02 Å². The van der Waals surface area contributed by atoms with E-state index in [1.165, 1.54) is 11.1 Å². The molecule has 0 saturated heterocycles. The molecule has 1 nitrogen and oxygen atoms in total. The third kappa shape index (κ3) is 2.70. The number of hydrogen-bond acceptors (Lipinski definition) is 1. The Morgan fingerprint density at radius 2 is 1.58 bits per heavy atom. The van der Waals surface area contributed by atoms with Crippen LogP contribution in [0.3, 0.4) is 0 Å². The number of halogens is 1. The fraction of sp³-hybridized carbons (Fsp3) is 0. The number of fused-ring (bicyclic) bond motifs is 2. The van der Waals surface area contributed by atoms with E-state index in [0.29, 0.717) is 0 Å². The average Bonchev–Trinajstić information content (AvgIpc) is 2.74. The molecule has 0 atom stereocenters. The summed E-state index contributed by atoms with van der Waals surface area (Å²) in [5.41, 5.74) is 13.5. The summed E-state index contributed by atoms with van der Waals surface area (Å²) < 4.78 is 0. The molecular formula is C21H15BClN. The predicted molar refractivity (Wildman–Crippen MR) is 106 cm³/mol. The van der Waals surface area contributed by atoms with E-state index in [4.69, 9.17) is 17.3 Å². The van der Waals surface area contributed by atoms with Crippen LogP contribution in [0.25, 0.3) is 12.2 Å². The molecule has 3 aromatic rings. The predicted octanol–water partition coefficient (Wildman–Crippen LogP) is 4.00. The van der Waals surface area contributed by atoms with Gasteiger partial charge < -0.3 is 0 Å². The van der Waals surface area contributed by atoms with E-state index in [2.05, 4.69) is 55.5 Å². The molecule has 0 radical (unpaired) electrons. The van der Waals surface area contributed by atoms with E-state index < -0.39 is 0 Å². The first-order valence-corrected chi connectivity index (χ1v) is 8.24. The molecule has 1 aliphatic rings. The molecule has 24 heavy (non-hydrogen) atoms. The van der Waals surface area contributed by atoms with Crippen molar-refractivity contribution in [3.8, 4) is 0 Å². The Labute approximate surface area is 147 Å². The van der Waals surface area contributed by atoms with E-state index in [-0.39, 0.29) is 0 Å². The molecule has 0 amide bonds. The normalized spacial score (nSPS) is 13.8. The minimum atomic E-state index is 0.759. The van der Waals surface area contributed by atoms with Gasteiger partial charge in [0.15, 0.2) is 0 Å². The summed E-state index contributed by atoms with van der Waals surface area (Å²) >= 11 is 6.45. The second-order valence-corrected chi connectivity index (χ2v) is 6.26. The first-order chi connectivity index (χ1) is 11.7. The van der Waals surface area contributed by atoms with Gasteiger partial charge in [-0.2, -0.15) is 0 Å². The Hall–Kier alpha value is -2.58. The number of nitrogen functional groups attached to an aromatic ring is 1. The van der Waals surface area contributed by atoms with Crippen molar-refractivity contribution in [3.63, 3.8) is 0 Å². The molecule has 0 heterocycles. The Balaban J connectivity index is 2.02. The summed E-state index contributed by atoms with van der Waals surface area (Å²) in [5.74, 6) is 0. The van der Waals surface area contributed by atoms with Gasteiger partial charge in [0.1, 0.15) is 0 Å². The molecule has 1 aliphatic carbocycles. The van der Waals surface area contributed by atoms with E-state index in [9.17, 15) is 0 Å². The second-order valence-electron chi connectivity index (χ2n) is 5.85. The molecule has 3 aromatic carbocycles. The molecule has 0 bridgehead atoms. The molecule has 114 valence electrons. The SMILES string of the molecule is Nc1cccc(B=C2c3ccccc3C=Cc3c(Cl)cccc32)c1. The van der Waals surface area contributed by atoms with Gasteiger partial charge in [-0.3, -0.25) is 0 Å². The van der Waals surface area contributed by atoms with E-state index >= 15 is 0 Å². The second kappa shape index (κ2) is 6.14. The van der Waals surface area contributed by atoms with Crippen molar-refractivity contribution in [2.45, 2.75) is 0 Å². The first-order valence-electron chi connectivity index (χ1n) is 7.86. The average molecular weight is 328 g/mol. The van der Waals surface area contributed by atoms with Crippen LogP contribution in [0.5, 0.6) is 0 Å². The Morgan fingerprint density at radius 3 is 2.46 bits per heavy atom. The third-order valence-corrected chi connectivity index (χ3v) is 4.57. The third-order valence-electron chi connectivity index (χ3n) is 4.25. The Morgan fingerprint density at radius 1 is 0.792 bits per heavy atom. The maximum absolute atomic E-state index is 6.45. The van der Waals surface area contributed by atoms with Gasteiger partial charge in [0.2, 0.25) is 0 Å². The van der Waals surface area contributed by atoms with Crippen LogP contribution >= 0.6 is 11.6 Å². The van der Waals surface area contributed by atoms with Gasteiger partial charge in [0.05, 0.1) is 0 Å². The van der Waals surface area contributed by atoms with E-state index in [1.807, 2.05) is 30.3 Å². The summed E-state index contributed by atoms with van der Waals surface area (Å²) in [6.07, 6.45) is 4.22. The topological polar surface area (TPSA) is 26.0 Å². The zero-order chi connectivity index (χ0) is 16.5. The Bertz CT molecular complexity index is 989. The molecule has 3 heteroatoms. The van der Waals surface area contributed by atoms with Crippen LogP contribution in [-0.2, 0) is 0 Å². The van der Waals surface area contributed by atoms with Crippen molar-refractivity contribution in [1.82, 2.24) is 0 Å². The van der Waals surface area contributed by atoms with Gasteiger partial charge in [-0.25, -0.2) is 0 Å². The van der Waals surface area contributed by atoms with Gasteiger partial charge in [0, 0.05) is 0 Å². The number of rotatable bonds is 1. The summed E-state index contributed by atoms with van der Waals surface area (Å²) in [6.45, 7) is 2.18. The molecule has 0 aliphatic heterocycles. The van der Waals surface area contributed by atoms with Crippen molar-refractivity contribution in [3.05, 3.63) is 94.0 Å². The number of anilines is 1. The molecule has 2 N–H and O–H groups in total. The molecule has 4 rings (SSSR count). The van der Waals surface area contributed by atoms with Crippen molar-refractivity contribution >= 4 is 47.3 Å². The Kier molecular flexibility index (Phi) is 3.83. The number of hydrogen-bond donors (Lipinski definition) is 1. The zero-order valence-electron chi connectivity index (χ0n) is 13.0. The van der Waals surface area contributed by atoms with Gasteiger partial charge in [-0.15, -0.1) is 0 Å². The molecule has 0 aromatic heterocycles. The fourth-order valence-corrected chi connectivity index (χ4v) is 3.36. The quantitative estimate of drug-likeness (QED) is 0.415. The number of benzene rings is 3.